The van der Waals surface area contributed by atoms with Crippen LogP contribution >= 0.6 is 12.2 Å². The summed E-state index contributed by atoms with van der Waals surface area (Å²) in [6.07, 6.45) is 13.4. The quantitative estimate of drug-likeness (QED) is 0.0468. The molecule has 0 aromatic heterocycles. The fourth-order valence-electron chi connectivity index (χ4n) is 5.06. The van der Waals surface area contributed by atoms with E-state index in [1.54, 1.807) is 0 Å². The molecule has 0 spiro atoms. The fourth-order valence-corrected chi connectivity index (χ4v) is 5.31. The number of nitrogens with one attached hydrogen (secondary N) is 3. The van der Waals surface area contributed by atoms with Crippen molar-refractivity contribution >= 4 is 29.3 Å². The SMILES string of the molecule is CCCCCCCCCCCCNC(=O)[C@H](COC(C(O)O)N1C(=O)OCC1C(C)O)NC(=S)NCCCCCCCC. The number of carbonyl (C=O) groups excluding carboxylic acids is 2. The van der Waals surface area contributed by atoms with Crippen molar-refractivity contribution in [3.8, 4) is 0 Å². The van der Waals surface area contributed by atoms with Crippen LogP contribution in [0.3, 0.4) is 0 Å². The van der Waals surface area contributed by atoms with E-state index in [4.69, 9.17) is 21.7 Å². The highest BCUT2D eigenvalue weighted by Gasteiger charge is 2.44. The molecule has 6 N–H and O–H groups in total. The van der Waals surface area contributed by atoms with Gasteiger partial charge in [-0.1, -0.05) is 104 Å². The summed E-state index contributed by atoms with van der Waals surface area (Å²) in [6.45, 7) is 6.63. The highest BCUT2D eigenvalue weighted by molar-refractivity contribution is 7.80. The summed E-state index contributed by atoms with van der Waals surface area (Å²) < 4.78 is 10.7. The molecule has 12 heteroatoms. The van der Waals surface area contributed by atoms with Gasteiger partial charge in [0.15, 0.2) is 17.6 Å². The minimum atomic E-state index is -2.08. The second kappa shape index (κ2) is 24.6. The summed E-state index contributed by atoms with van der Waals surface area (Å²) in [7, 11) is 0. The number of nitrogens with zero attached hydrogens (tertiary/aromatic N) is 1. The zero-order chi connectivity index (χ0) is 31.9. The summed E-state index contributed by atoms with van der Waals surface area (Å²) >= 11 is 5.43. The number of ether oxygens (including phenoxy) is 2. The van der Waals surface area contributed by atoms with Crippen LogP contribution in [0.15, 0.2) is 0 Å². The van der Waals surface area contributed by atoms with E-state index in [1.165, 1.54) is 77.6 Å². The molecule has 252 valence electrons. The number of hydrogen-bond acceptors (Lipinski definition) is 8. The Morgan fingerprint density at radius 2 is 1.37 bits per heavy atom. The Morgan fingerprint density at radius 3 is 1.86 bits per heavy atom. The summed E-state index contributed by atoms with van der Waals surface area (Å²) in [5.41, 5.74) is 0. The van der Waals surface area contributed by atoms with Crippen molar-refractivity contribution in [3.63, 3.8) is 0 Å². The molecule has 11 nitrogen and oxygen atoms in total. The van der Waals surface area contributed by atoms with Gasteiger partial charge in [-0.3, -0.25) is 9.69 Å². The molecule has 0 aromatic rings. The van der Waals surface area contributed by atoms with Crippen molar-refractivity contribution in [3.05, 3.63) is 0 Å². The standard InChI is InChI=1S/C31H60N4O7S/c1-4-6-8-10-12-13-14-15-17-18-20-32-27(37)25(34-30(43)33-21-19-16-11-9-7-5-2)22-41-28(29(38)39)35-26(24(3)36)23-42-31(35)40/h24-26,28-29,36,38-39H,4-23H2,1-3H3,(H,32,37)(H2,33,34,43)/t24?,25-,26?,28?/m0/s1. The van der Waals surface area contributed by atoms with Crippen LogP contribution in [-0.4, -0.2) is 94.3 Å². The Bertz CT molecular complexity index is 760. The number of aliphatic hydroxyl groups is 3. The van der Waals surface area contributed by atoms with Gasteiger partial charge >= 0.3 is 6.09 Å². The van der Waals surface area contributed by atoms with Crippen molar-refractivity contribution in [2.75, 3.05) is 26.3 Å². The minimum Gasteiger partial charge on any atom is -0.447 e. The van der Waals surface area contributed by atoms with Gasteiger partial charge in [-0.05, 0) is 32.0 Å². The van der Waals surface area contributed by atoms with Crippen LogP contribution in [0.2, 0.25) is 0 Å². The maximum Gasteiger partial charge on any atom is 0.412 e. The third-order valence-electron chi connectivity index (χ3n) is 7.73. The van der Waals surface area contributed by atoms with Crippen LogP contribution in [0.5, 0.6) is 0 Å². The zero-order valence-electron chi connectivity index (χ0n) is 26.9. The largest absolute Gasteiger partial charge is 0.447 e. The third-order valence-corrected chi connectivity index (χ3v) is 7.99. The lowest BCUT2D eigenvalue weighted by Gasteiger charge is -2.33. The van der Waals surface area contributed by atoms with E-state index in [-0.39, 0.29) is 19.1 Å². The number of amides is 2. The third kappa shape index (κ3) is 17.4. The van der Waals surface area contributed by atoms with Crippen LogP contribution < -0.4 is 16.0 Å². The number of hydrogen-bond donors (Lipinski definition) is 6. The van der Waals surface area contributed by atoms with Gasteiger partial charge < -0.3 is 40.7 Å². The van der Waals surface area contributed by atoms with Crippen molar-refractivity contribution in [1.29, 1.82) is 0 Å². The van der Waals surface area contributed by atoms with E-state index in [9.17, 15) is 24.9 Å². The lowest BCUT2D eigenvalue weighted by molar-refractivity contribution is -0.200. The van der Waals surface area contributed by atoms with Crippen LogP contribution in [0.25, 0.3) is 0 Å². The molecule has 0 aliphatic carbocycles. The van der Waals surface area contributed by atoms with Crippen molar-refractivity contribution in [2.24, 2.45) is 0 Å². The second-order valence-corrected chi connectivity index (χ2v) is 12.0. The monoisotopic (exact) mass is 632 g/mol. The molecule has 0 aromatic carbocycles. The second-order valence-electron chi connectivity index (χ2n) is 11.6. The van der Waals surface area contributed by atoms with E-state index in [0.717, 1.165) is 37.0 Å². The molecule has 1 rings (SSSR count). The number of aliphatic hydroxyl groups excluding tert-OH is 2. The van der Waals surface area contributed by atoms with Gasteiger partial charge in [0.2, 0.25) is 5.91 Å². The lowest BCUT2D eigenvalue weighted by Crippen LogP contribution is -2.56. The van der Waals surface area contributed by atoms with Crippen molar-refractivity contribution < 1.29 is 34.4 Å². The van der Waals surface area contributed by atoms with Gasteiger partial charge in [0, 0.05) is 13.1 Å². The topological polar surface area (TPSA) is 153 Å². The average molecular weight is 633 g/mol. The van der Waals surface area contributed by atoms with Crippen LogP contribution in [0.1, 0.15) is 124 Å². The summed E-state index contributed by atoms with van der Waals surface area (Å²) in [6, 6.07) is -1.77. The molecular weight excluding hydrogens is 572 g/mol. The normalized spacial score (nSPS) is 17.0. The predicted molar refractivity (Wildman–Crippen MR) is 172 cm³/mol. The fraction of sp³-hybridized carbons (Fsp3) is 0.903. The van der Waals surface area contributed by atoms with Gasteiger partial charge in [0.1, 0.15) is 12.6 Å². The first-order valence-corrected chi connectivity index (χ1v) is 17.1. The first-order valence-electron chi connectivity index (χ1n) is 16.7. The maximum absolute atomic E-state index is 13.1. The first-order chi connectivity index (χ1) is 20.7. The average Bonchev–Trinajstić information content (AvgIpc) is 3.35. The molecule has 3 unspecified atom stereocenters. The van der Waals surface area contributed by atoms with Crippen LogP contribution in [0.4, 0.5) is 4.79 Å². The molecule has 0 saturated carbocycles. The van der Waals surface area contributed by atoms with E-state index in [0.29, 0.717) is 18.2 Å². The Labute approximate surface area is 264 Å². The molecule has 1 heterocycles. The number of carbonyl (C=O) groups is 2. The van der Waals surface area contributed by atoms with Gasteiger partial charge in [-0.2, -0.15) is 0 Å². The molecule has 1 fully saturated rings. The van der Waals surface area contributed by atoms with Gasteiger partial charge in [-0.25, -0.2) is 4.79 Å². The minimum absolute atomic E-state index is 0.115. The summed E-state index contributed by atoms with van der Waals surface area (Å²) in [4.78, 5) is 26.4. The predicted octanol–water partition coefficient (Wildman–Crippen LogP) is 4.07. The number of thiocarbonyl (C=S) groups is 1. The van der Waals surface area contributed by atoms with Gasteiger partial charge in [-0.15, -0.1) is 0 Å². The van der Waals surface area contributed by atoms with E-state index in [2.05, 4.69) is 29.8 Å². The first kappa shape index (κ1) is 39.3. The molecule has 1 aliphatic rings. The molecule has 0 radical (unpaired) electrons. The molecule has 4 atom stereocenters. The molecule has 43 heavy (non-hydrogen) atoms. The van der Waals surface area contributed by atoms with Crippen molar-refractivity contribution in [1.82, 2.24) is 20.9 Å². The zero-order valence-corrected chi connectivity index (χ0v) is 27.7. The maximum atomic E-state index is 13.1. The smallest absolute Gasteiger partial charge is 0.412 e. The van der Waals surface area contributed by atoms with E-state index >= 15 is 0 Å². The molecule has 1 aliphatic heterocycles. The van der Waals surface area contributed by atoms with Crippen LogP contribution in [-0.2, 0) is 14.3 Å². The highest BCUT2D eigenvalue weighted by atomic mass is 32.1. The summed E-state index contributed by atoms with van der Waals surface area (Å²) in [5.74, 6) is -0.345. The molecule has 1 saturated heterocycles. The summed E-state index contributed by atoms with van der Waals surface area (Å²) in [5, 5.41) is 39.4. The number of cyclic esters (lactones) is 1. The van der Waals surface area contributed by atoms with Crippen LogP contribution in [0, 0.1) is 0 Å². The van der Waals surface area contributed by atoms with E-state index in [1.807, 2.05) is 0 Å². The molecule has 0 bridgehead atoms. The molecular formula is C31H60N4O7S. The number of unbranched alkanes of at least 4 members (excludes halogenated alkanes) is 14. The number of rotatable bonds is 26. The van der Waals surface area contributed by atoms with Gasteiger partial charge in [0.05, 0.1) is 18.8 Å². The Balaban J connectivity index is 2.62. The van der Waals surface area contributed by atoms with Crippen molar-refractivity contribution in [2.45, 2.75) is 154 Å². The Morgan fingerprint density at radius 1 is 0.884 bits per heavy atom. The van der Waals surface area contributed by atoms with E-state index < -0.39 is 36.8 Å². The van der Waals surface area contributed by atoms with Gasteiger partial charge in [0.25, 0.3) is 0 Å². The highest BCUT2D eigenvalue weighted by Crippen LogP contribution is 2.21. The Kier molecular flexibility index (Phi) is 22.5. The Hall–Kier alpha value is -1.73. The lowest BCUT2D eigenvalue weighted by atomic mass is 10.1. The molecule has 2 amide bonds.